The molecule has 1 aromatic carbocycles. The fourth-order valence-electron chi connectivity index (χ4n) is 3.98. The zero-order chi connectivity index (χ0) is 22.1. The molecule has 2 fully saturated rings. The van der Waals surface area contributed by atoms with Crippen molar-refractivity contribution in [2.75, 3.05) is 63.8 Å². The Labute approximate surface area is 214 Å². The maximum atomic E-state index is 12.1. The summed E-state index contributed by atoms with van der Waals surface area (Å²) in [6.07, 6.45) is 4.06. The number of nitrogens with one attached hydrogen (secondary N) is 2. The SMILES string of the molecule is CN(C)C(=O)CN=C(NCCCN(C)c1ccccc1)NC1CCOC2(CCSC2)C1.I. The lowest BCUT2D eigenvalue weighted by atomic mass is 9.90. The molecule has 0 aliphatic carbocycles. The molecule has 1 amide bonds. The van der Waals surface area contributed by atoms with Crippen LogP contribution in [0.5, 0.6) is 0 Å². The van der Waals surface area contributed by atoms with Crippen molar-refractivity contribution in [2.45, 2.75) is 37.3 Å². The number of para-hydroxylation sites is 1. The van der Waals surface area contributed by atoms with Crippen molar-refractivity contribution in [3.63, 3.8) is 0 Å². The van der Waals surface area contributed by atoms with Crippen LogP contribution in [-0.4, -0.2) is 87.3 Å². The first kappa shape index (κ1) is 27.0. The summed E-state index contributed by atoms with van der Waals surface area (Å²) >= 11 is 1.98. The van der Waals surface area contributed by atoms with E-state index < -0.39 is 0 Å². The van der Waals surface area contributed by atoms with Gasteiger partial charge < -0.3 is 25.2 Å². The lowest BCUT2D eigenvalue weighted by Gasteiger charge is -2.38. The Balaban J connectivity index is 0.00000363. The third-order valence-corrected chi connectivity index (χ3v) is 7.15. The summed E-state index contributed by atoms with van der Waals surface area (Å²) in [6, 6.07) is 10.7. The number of amides is 1. The number of anilines is 1. The molecule has 0 aromatic heterocycles. The fourth-order valence-corrected chi connectivity index (χ4v) is 5.36. The van der Waals surface area contributed by atoms with E-state index in [1.807, 2.05) is 17.8 Å². The molecule has 2 unspecified atom stereocenters. The summed E-state index contributed by atoms with van der Waals surface area (Å²) < 4.78 is 6.15. The molecule has 0 saturated carbocycles. The average Bonchev–Trinajstić information content (AvgIpc) is 3.22. The van der Waals surface area contributed by atoms with Crippen molar-refractivity contribution < 1.29 is 9.53 Å². The molecule has 2 aliphatic heterocycles. The number of hydrogen-bond donors (Lipinski definition) is 2. The normalized spacial score (nSPS) is 22.8. The molecule has 3 rings (SSSR count). The van der Waals surface area contributed by atoms with Gasteiger partial charge in [0.1, 0.15) is 6.54 Å². The number of guanidine groups is 1. The van der Waals surface area contributed by atoms with Crippen LogP contribution < -0.4 is 15.5 Å². The molecule has 2 heterocycles. The van der Waals surface area contributed by atoms with Crippen LogP contribution >= 0.6 is 35.7 Å². The zero-order valence-corrected chi connectivity index (χ0v) is 22.7. The van der Waals surface area contributed by atoms with Gasteiger partial charge in [0.2, 0.25) is 5.91 Å². The lowest BCUT2D eigenvalue weighted by molar-refractivity contribution is -0.127. The number of ether oxygens (including phenoxy) is 1. The fraction of sp³-hybridized carbons (Fsp3) is 0.652. The van der Waals surface area contributed by atoms with Crippen LogP contribution in [-0.2, 0) is 9.53 Å². The molecular formula is C23H38IN5O2S. The third-order valence-electron chi connectivity index (χ3n) is 5.93. The standard InChI is InChI=1S/C23H37N5O2S.HI/c1-27(2)21(29)17-25-22(24-12-7-13-28(3)20-8-5-4-6-9-20)26-19-10-14-30-23(16-19)11-15-31-18-23;/h4-6,8-9,19H,7,10-18H2,1-3H3,(H2,24,25,26);1H. The number of thioether (sulfide) groups is 1. The van der Waals surface area contributed by atoms with E-state index in [9.17, 15) is 4.79 Å². The second-order valence-electron chi connectivity index (χ2n) is 8.66. The van der Waals surface area contributed by atoms with Gasteiger partial charge in [-0.15, -0.1) is 24.0 Å². The van der Waals surface area contributed by atoms with Gasteiger partial charge in [-0.1, -0.05) is 18.2 Å². The molecule has 7 nitrogen and oxygen atoms in total. The molecule has 2 aliphatic rings. The van der Waals surface area contributed by atoms with E-state index in [1.54, 1.807) is 19.0 Å². The Bertz CT molecular complexity index is 728. The van der Waals surface area contributed by atoms with E-state index in [0.717, 1.165) is 57.1 Å². The molecule has 0 radical (unpaired) electrons. The molecule has 2 saturated heterocycles. The van der Waals surface area contributed by atoms with E-state index in [-0.39, 0.29) is 42.0 Å². The summed E-state index contributed by atoms with van der Waals surface area (Å²) in [5.74, 6) is 2.99. The second-order valence-corrected chi connectivity index (χ2v) is 9.76. The first-order chi connectivity index (χ1) is 15.0. The molecule has 32 heavy (non-hydrogen) atoms. The monoisotopic (exact) mass is 575 g/mol. The Hall–Kier alpha value is -1.20. The minimum atomic E-state index is 0. The van der Waals surface area contributed by atoms with Gasteiger partial charge >= 0.3 is 0 Å². The minimum absolute atomic E-state index is 0. The summed E-state index contributed by atoms with van der Waals surface area (Å²) in [7, 11) is 5.63. The van der Waals surface area contributed by atoms with Gasteiger partial charge in [0.05, 0.1) is 5.60 Å². The smallest absolute Gasteiger partial charge is 0.243 e. The van der Waals surface area contributed by atoms with Gasteiger partial charge in [0.25, 0.3) is 0 Å². The molecule has 0 bridgehead atoms. The van der Waals surface area contributed by atoms with Gasteiger partial charge in [-0.05, 0) is 43.6 Å². The number of likely N-dealkylation sites (N-methyl/N-ethyl adjacent to an activating group) is 1. The van der Waals surface area contributed by atoms with E-state index in [2.05, 4.69) is 51.8 Å². The van der Waals surface area contributed by atoms with Gasteiger partial charge in [-0.25, -0.2) is 4.99 Å². The minimum Gasteiger partial charge on any atom is -0.375 e. The van der Waals surface area contributed by atoms with Crippen molar-refractivity contribution in [2.24, 2.45) is 4.99 Å². The van der Waals surface area contributed by atoms with Crippen LogP contribution in [0.15, 0.2) is 35.3 Å². The molecule has 1 spiro atoms. The molecule has 2 atom stereocenters. The predicted octanol–water partition coefficient (Wildman–Crippen LogP) is 2.81. The number of halogens is 1. The Morgan fingerprint density at radius 1 is 1.28 bits per heavy atom. The van der Waals surface area contributed by atoms with Crippen molar-refractivity contribution in [3.8, 4) is 0 Å². The summed E-state index contributed by atoms with van der Waals surface area (Å²) in [5, 5.41) is 7.03. The average molecular weight is 576 g/mol. The Morgan fingerprint density at radius 3 is 2.75 bits per heavy atom. The van der Waals surface area contributed by atoms with Crippen LogP contribution in [0.4, 0.5) is 5.69 Å². The van der Waals surface area contributed by atoms with Gasteiger partial charge in [0.15, 0.2) is 5.96 Å². The molecule has 9 heteroatoms. The van der Waals surface area contributed by atoms with Crippen LogP contribution in [0.25, 0.3) is 0 Å². The highest BCUT2D eigenvalue weighted by Gasteiger charge is 2.40. The van der Waals surface area contributed by atoms with Gasteiger partial charge in [-0.3, -0.25) is 4.79 Å². The lowest BCUT2D eigenvalue weighted by Crippen LogP contribution is -2.52. The first-order valence-electron chi connectivity index (χ1n) is 11.2. The number of aliphatic imine (C=N–C) groups is 1. The first-order valence-corrected chi connectivity index (χ1v) is 12.4. The number of hydrogen-bond acceptors (Lipinski definition) is 5. The van der Waals surface area contributed by atoms with Crippen molar-refractivity contribution in [1.29, 1.82) is 0 Å². The molecule has 180 valence electrons. The molecule has 2 N–H and O–H groups in total. The number of carbonyl (C=O) groups excluding carboxylic acids is 1. The highest BCUT2D eigenvalue weighted by atomic mass is 127. The van der Waals surface area contributed by atoms with Crippen LogP contribution in [0, 0.1) is 0 Å². The summed E-state index contributed by atoms with van der Waals surface area (Å²) in [6.45, 7) is 2.67. The van der Waals surface area contributed by atoms with Gasteiger partial charge in [-0.2, -0.15) is 11.8 Å². The van der Waals surface area contributed by atoms with Crippen LogP contribution in [0.2, 0.25) is 0 Å². The van der Waals surface area contributed by atoms with Crippen LogP contribution in [0.1, 0.15) is 25.7 Å². The molecule has 1 aromatic rings. The summed E-state index contributed by atoms with van der Waals surface area (Å²) in [4.78, 5) is 20.5. The van der Waals surface area contributed by atoms with Gasteiger partial charge in [0, 0.05) is 58.3 Å². The largest absolute Gasteiger partial charge is 0.375 e. The van der Waals surface area contributed by atoms with Crippen molar-refractivity contribution >= 4 is 53.3 Å². The number of rotatable bonds is 8. The van der Waals surface area contributed by atoms with Crippen molar-refractivity contribution in [1.82, 2.24) is 15.5 Å². The highest BCUT2D eigenvalue weighted by molar-refractivity contribution is 14.0. The zero-order valence-electron chi connectivity index (χ0n) is 19.5. The Morgan fingerprint density at radius 2 is 2.06 bits per heavy atom. The van der Waals surface area contributed by atoms with Crippen LogP contribution in [0.3, 0.4) is 0 Å². The Kier molecular flexibility index (Phi) is 11.4. The number of carbonyl (C=O) groups is 1. The predicted molar refractivity (Wildman–Crippen MR) is 146 cm³/mol. The van der Waals surface area contributed by atoms with E-state index in [4.69, 9.17) is 4.74 Å². The second kappa shape index (κ2) is 13.5. The third kappa shape index (κ3) is 8.30. The summed E-state index contributed by atoms with van der Waals surface area (Å²) in [5.41, 5.74) is 1.23. The van der Waals surface area contributed by atoms with E-state index in [0.29, 0.717) is 6.04 Å². The molecular weight excluding hydrogens is 537 g/mol. The quantitative estimate of drug-likeness (QED) is 0.215. The number of benzene rings is 1. The maximum Gasteiger partial charge on any atom is 0.243 e. The topological polar surface area (TPSA) is 69.2 Å². The highest BCUT2D eigenvalue weighted by Crippen LogP contribution is 2.38. The van der Waals surface area contributed by atoms with E-state index >= 15 is 0 Å². The van der Waals surface area contributed by atoms with E-state index in [1.165, 1.54) is 11.4 Å². The van der Waals surface area contributed by atoms with Crippen molar-refractivity contribution in [3.05, 3.63) is 30.3 Å². The number of nitrogens with zero attached hydrogens (tertiary/aromatic N) is 3. The maximum absolute atomic E-state index is 12.1.